The van der Waals surface area contributed by atoms with Crippen LogP contribution in [0.4, 0.5) is 0 Å². The summed E-state index contributed by atoms with van der Waals surface area (Å²) in [5, 5.41) is 5.14. The molecule has 2 N–H and O–H groups in total. The molecule has 0 amide bonds. The van der Waals surface area contributed by atoms with Gasteiger partial charge in [0.1, 0.15) is 11.6 Å². The number of aromatic amines is 1. The summed E-state index contributed by atoms with van der Waals surface area (Å²) in [6, 6.07) is 19.3. The molecule has 3 aromatic carbocycles. The van der Waals surface area contributed by atoms with Crippen LogP contribution in [0.2, 0.25) is 0 Å². The number of rotatable bonds is 5. The molecule has 6 rings (SSSR count). The molecule has 0 bridgehead atoms. The molecule has 37 heavy (non-hydrogen) atoms. The second-order valence-electron chi connectivity index (χ2n) is 9.13. The molecule has 186 valence electrons. The maximum atomic E-state index is 12.7. The molecule has 3 aromatic heterocycles. The molecule has 0 saturated heterocycles. The summed E-state index contributed by atoms with van der Waals surface area (Å²) in [6.07, 6.45) is 1.95. The summed E-state index contributed by atoms with van der Waals surface area (Å²) in [4.78, 5) is 8.51. The van der Waals surface area contributed by atoms with Gasteiger partial charge < -0.3 is 9.51 Å². The number of aromatic nitrogens is 4. The highest BCUT2D eigenvalue weighted by atomic mass is 32.2. The second kappa shape index (κ2) is 8.43. The van der Waals surface area contributed by atoms with Gasteiger partial charge in [-0.25, -0.2) is 18.1 Å². The first-order valence-electron chi connectivity index (χ1n) is 11.8. The third kappa shape index (κ3) is 3.75. The van der Waals surface area contributed by atoms with Gasteiger partial charge in [-0.15, -0.1) is 0 Å². The molecule has 6 aromatic rings. The number of H-pyrrole nitrogens is 1. The number of hydrogen-bond donors (Lipinski definition) is 2. The Morgan fingerprint density at radius 1 is 1.00 bits per heavy atom. The van der Waals surface area contributed by atoms with Crippen molar-refractivity contribution >= 4 is 32.0 Å². The molecule has 0 aliphatic heterocycles. The van der Waals surface area contributed by atoms with Gasteiger partial charge in [-0.3, -0.25) is 4.57 Å². The van der Waals surface area contributed by atoms with Crippen LogP contribution in [0, 0.1) is 20.8 Å². The first-order chi connectivity index (χ1) is 17.8. The molecule has 0 aliphatic carbocycles. The minimum absolute atomic E-state index is 0.173. The third-order valence-electron chi connectivity index (χ3n) is 6.71. The zero-order chi connectivity index (χ0) is 25.9. The highest BCUT2D eigenvalue weighted by Crippen LogP contribution is 2.36. The second-order valence-corrected chi connectivity index (χ2v) is 11.0. The molecule has 0 unspecified atom stereocenters. The van der Waals surface area contributed by atoms with Gasteiger partial charge in [-0.05, 0) is 75.3 Å². The molecular formula is C28H25N5O3S. The molecule has 3 heterocycles. The first-order valence-corrected chi connectivity index (χ1v) is 13.3. The van der Waals surface area contributed by atoms with E-state index in [2.05, 4.69) is 46.1 Å². The normalized spacial score (nSPS) is 12.1. The average molecular weight is 512 g/mol. The van der Waals surface area contributed by atoms with Crippen LogP contribution >= 0.6 is 0 Å². The first kappa shape index (κ1) is 23.2. The fourth-order valence-electron chi connectivity index (χ4n) is 4.90. The maximum Gasteiger partial charge on any atom is 0.240 e. The highest BCUT2D eigenvalue weighted by Gasteiger charge is 2.21. The molecule has 0 atom stereocenters. The van der Waals surface area contributed by atoms with Gasteiger partial charge in [0, 0.05) is 33.9 Å². The Hall–Kier alpha value is -4.21. The van der Waals surface area contributed by atoms with Gasteiger partial charge in [0.15, 0.2) is 0 Å². The predicted molar refractivity (Wildman–Crippen MR) is 144 cm³/mol. The lowest BCUT2D eigenvalue weighted by Gasteiger charge is -2.12. The number of sulfonamides is 1. The SMILES string of the molecule is CNS(=O)(=O)c1ccc2nc(-c3c[nH]c4cc(C)ccc34)n(-c3cccc(-c4c(C)noc4C)c3)c2c1. The van der Waals surface area contributed by atoms with E-state index in [1.807, 2.05) is 42.8 Å². The van der Waals surface area contributed by atoms with Crippen LogP contribution < -0.4 is 4.72 Å². The van der Waals surface area contributed by atoms with E-state index in [0.29, 0.717) is 16.9 Å². The van der Waals surface area contributed by atoms with Crippen LogP contribution in [0.3, 0.4) is 0 Å². The van der Waals surface area contributed by atoms with E-state index in [1.54, 1.807) is 18.2 Å². The van der Waals surface area contributed by atoms with Crippen LogP contribution in [0.15, 0.2) is 76.3 Å². The van der Waals surface area contributed by atoms with Crippen molar-refractivity contribution in [3.63, 3.8) is 0 Å². The van der Waals surface area contributed by atoms with Crippen molar-refractivity contribution in [2.75, 3.05) is 7.05 Å². The van der Waals surface area contributed by atoms with Crippen molar-refractivity contribution in [2.45, 2.75) is 25.7 Å². The van der Waals surface area contributed by atoms with Gasteiger partial charge in [-0.2, -0.15) is 0 Å². The number of hydrogen-bond acceptors (Lipinski definition) is 5. The maximum absolute atomic E-state index is 12.7. The summed E-state index contributed by atoms with van der Waals surface area (Å²) in [5.41, 5.74) is 8.00. The lowest BCUT2D eigenvalue weighted by molar-refractivity contribution is 0.393. The third-order valence-corrected chi connectivity index (χ3v) is 8.12. The van der Waals surface area contributed by atoms with Gasteiger partial charge in [0.25, 0.3) is 0 Å². The van der Waals surface area contributed by atoms with Crippen molar-refractivity contribution in [3.05, 3.63) is 83.9 Å². The summed E-state index contributed by atoms with van der Waals surface area (Å²) >= 11 is 0. The smallest absolute Gasteiger partial charge is 0.240 e. The quantitative estimate of drug-likeness (QED) is 0.311. The van der Waals surface area contributed by atoms with Crippen molar-refractivity contribution in [2.24, 2.45) is 0 Å². The molecule has 0 radical (unpaired) electrons. The van der Waals surface area contributed by atoms with E-state index >= 15 is 0 Å². The van der Waals surface area contributed by atoms with Crippen LogP contribution in [0.1, 0.15) is 17.0 Å². The van der Waals surface area contributed by atoms with Crippen LogP contribution in [0.5, 0.6) is 0 Å². The molecule has 0 saturated carbocycles. The Bertz CT molecular complexity index is 1910. The van der Waals surface area contributed by atoms with Crippen molar-refractivity contribution in [1.29, 1.82) is 0 Å². The number of benzene rings is 3. The van der Waals surface area contributed by atoms with Crippen LogP contribution in [0.25, 0.3) is 50.1 Å². The minimum Gasteiger partial charge on any atom is -0.361 e. The topological polar surface area (TPSA) is 106 Å². The minimum atomic E-state index is -3.65. The highest BCUT2D eigenvalue weighted by molar-refractivity contribution is 7.89. The zero-order valence-electron chi connectivity index (χ0n) is 20.8. The van der Waals surface area contributed by atoms with Gasteiger partial charge in [0.2, 0.25) is 10.0 Å². The number of fused-ring (bicyclic) bond motifs is 2. The van der Waals surface area contributed by atoms with Gasteiger partial charge in [-0.1, -0.05) is 29.4 Å². The number of nitrogens with one attached hydrogen (secondary N) is 2. The van der Waals surface area contributed by atoms with E-state index in [9.17, 15) is 8.42 Å². The number of nitrogens with zero attached hydrogens (tertiary/aromatic N) is 3. The summed E-state index contributed by atoms with van der Waals surface area (Å²) in [6.45, 7) is 5.86. The molecule has 8 nitrogen and oxygen atoms in total. The van der Waals surface area contributed by atoms with E-state index in [-0.39, 0.29) is 4.90 Å². The van der Waals surface area contributed by atoms with Crippen LogP contribution in [-0.4, -0.2) is 35.2 Å². The van der Waals surface area contributed by atoms with Gasteiger partial charge in [0.05, 0.1) is 21.6 Å². The van der Waals surface area contributed by atoms with E-state index in [1.165, 1.54) is 7.05 Å². The Morgan fingerprint density at radius 2 is 1.84 bits per heavy atom. The summed E-state index contributed by atoms with van der Waals surface area (Å²) in [7, 11) is -2.24. The van der Waals surface area contributed by atoms with Gasteiger partial charge >= 0.3 is 0 Å². The largest absolute Gasteiger partial charge is 0.361 e. The molecule has 0 aliphatic rings. The Balaban J connectivity index is 1.67. The molecular weight excluding hydrogens is 486 g/mol. The number of imidazole rings is 1. The lowest BCUT2D eigenvalue weighted by atomic mass is 10.0. The summed E-state index contributed by atoms with van der Waals surface area (Å²) in [5.74, 6) is 1.44. The monoisotopic (exact) mass is 511 g/mol. The standard InChI is InChI=1S/C28H25N5O3S/c1-16-8-10-22-23(15-30-25(22)12-16)28-31-24-11-9-21(37(34,35)29-4)14-26(24)33(28)20-7-5-6-19(13-20)27-17(2)32-36-18(27)3/h5-15,29-30H,1-4H3. The molecule has 9 heteroatoms. The molecule has 0 spiro atoms. The average Bonchev–Trinajstić information content (AvgIpc) is 3.57. The molecule has 0 fully saturated rings. The Labute approximate surface area is 214 Å². The van der Waals surface area contributed by atoms with E-state index in [4.69, 9.17) is 9.51 Å². The van der Waals surface area contributed by atoms with Crippen molar-refractivity contribution < 1.29 is 12.9 Å². The van der Waals surface area contributed by atoms with E-state index in [0.717, 1.165) is 50.3 Å². The predicted octanol–water partition coefficient (Wildman–Crippen LogP) is 5.66. The Morgan fingerprint density at radius 3 is 2.59 bits per heavy atom. The fourth-order valence-corrected chi connectivity index (χ4v) is 5.65. The lowest BCUT2D eigenvalue weighted by Crippen LogP contribution is -2.18. The van der Waals surface area contributed by atoms with Crippen molar-refractivity contribution in [1.82, 2.24) is 24.4 Å². The fraction of sp³-hybridized carbons (Fsp3) is 0.143. The summed E-state index contributed by atoms with van der Waals surface area (Å²) < 4.78 is 35.1. The number of aryl methyl sites for hydroxylation is 3. The zero-order valence-corrected chi connectivity index (χ0v) is 21.6. The van der Waals surface area contributed by atoms with Crippen LogP contribution in [-0.2, 0) is 10.0 Å². The van der Waals surface area contributed by atoms with Crippen molar-refractivity contribution in [3.8, 4) is 28.2 Å². The van der Waals surface area contributed by atoms with E-state index < -0.39 is 10.0 Å². The Kier molecular flexibility index (Phi) is 5.29.